The fraction of sp³-hybridized carbons (Fsp3) is 0.391. The van der Waals surface area contributed by atoms with Gasteiger partial charge in [0.15, 0.2) is 9.84 Å². The molecule has 8 nitrogen and oxygen atoms in total. The van der Waals surface area contributed by atoms with Gasteiger partial charge in [0, 0.05) is 17.8 Å². The molecule has 34 heavy (non-hydrogen) atoms. The van der Waals surface area contributed by atoms with Gasteiger partial charge in [0.05, 0.1) is 34.9 Å². The van der Waals surface area contributed by atoms with Crippen molar-refractivity contribution in [3.05, 3.63) is 54.5 Å². The Balaban J connectivity index is 1.53. The number of aliphatic imine (C=N–C) groups is 1. The SMILES string of the molecule is C=C(/C(F)=C\N=C(/C)Nc1ccnc2cc(F)cnc12)[C@]1(C)CS(=O)(=O)[C@@](C)(C2CC2)C(=N)N1. The van der Waals surface area contributed by atoms with E-state index in [-0.39, 0.29) is 23.1 Å². The molecule has 1 aliphatic carbocycles. The van der Waals surface area contributed by atoms with Gasteiger partial charge in [0.25, 0.3) is 0 Å². The van der Waals surface area contributed by atoms with E-state index in [0.717, 1.165) is 25.2 Å². The summed E-state index contributed by atoms with van der Waals surface area (Å²) in [7, 11) is -3.72. The van der Waals surface area contributed by atoms with Gasteiger partial charge in [-0.3, -0.25) is 10.4 Å². The van der Waals surface area contributed by atoms with E-state index in [0.29, 0.717) is 22.6 Å². The average molecular weight is 489 g/mol. The summed E-state index contributed by atoms with van der Waals surface area (Å²) >= 11 is 0. The minimum Gasteiger partial charge on any atom is -0.362 e. The smallest absolute Gasteiger partial charge is 0.165 e. The molecule has 180 valence electrons. The van der Waals surface area contributed by atoms with Crippen molar-refractivity contribution in [2.45, 2.75) is 43.9 Å². The molecule has 3 heterocycles. The molecule has 0 aromatic carbocycles. The van der Waals surface area contributed by atoms with Crippen LogP contribution in [0.4, 0.5) is 14.5 Å². The normalized spacial score (nSPS) is 27.4. The Morgan fingerprint density at radius 2 is 2.09 bits per heavy atom. The van der Waals surface area contributed by atoms with E-state index in [4.69, 9.17) is 5.41 Å². The van der Waals surface area contributed by atoms with Crippen molar-refractivity contribution < 1.29 is 17.2 Å². The molecule has 0 unspecified atom stereocenters. The molecule has 2 atom stereocenters. The highest BCUT2D eigenvalue weighted by Crippen LogP contribution is 2.48. The van der Waals surface area contributed by atoms with Crippen LogP contribution in [0.1, 0.15) is 33.6 Å². The molecular formula is C23H26F2N6O2S. The molecule has 11 heteroatoms. The first-order valence-electron chi connectivity index (χ1n) is 10.7. The van der Waals surface area contributed by atoms with Crippen LogP contribution in [0.5, 0.6) is 0 Å². The van der Waals surface area contributed by atoms with Crippen LogP contribution in [0.25, 0.3) is 11.0 Å². The Morgan fingerprint density at radius 3 is 2.74 bits per heavy atom. The second kappa shape index (κ2) is 8.23. The van der Waals surface area contributed by atoms with Crippen LogP contribution in [0, 0.1) is 17.1 Å². The maximum absolute atomic E-state index is 15.0. The van der Waals surface area contributed by atoms with E-state index in [1.807, 2.05) is 0 Å². The van der Waals surface area contributed by atoms with Crippen LogP contribution in [-0.4, -0.2) is 46.1 Å². The molecule has 0 spiro atoms. The zero-order chi connectivity index (χ0) is 24.9. The van der Waals surface area contributed by atoms with Crippen LogP contribution in [0.15, 0.2) is 53.7 Å². The molecule has 2 aliphatic rings. The lowest BCUT2D eigenvalue weighted by Crippen LogP contribution is -2.67. The second-order valence-electron chi connectivity index (χ2n) is 9.15. The zero-order valence-corrected chi connectivity index (χ0v) is 19.9. The van der Waals surface area contributed by atoms with Crippen LogP contribution in [-0.2, 0) is 9.84 Å². The van der Waals surface area contributed by atoms with Crippen molar-refractivity contribution in [1.29, 1.82) is 5.41 Å². The lowest BCUT2D eigenvalue weighted by atomic mass is 9.91. The number of nitrogens with zero attached hydrogens (tertiary/aromatic N) is 3. The number of rotatable bonds is 5. The number of aromatic nitrogens is 2. The molecule has 2 aromatic heterocycles. The van der Waals surface area contributed by atoms with Gasteiger partial charge in [-0.25, -0.2) is 27.2 Å². The van der Waals surface area contributed by atoms with Gasteiger partial charge in [0.2, 0.25) is 0 Å². The molecule has 1 saturated heterocycles. The lowest BCUT2D eigenvalue weighted by Gasteiger charge is -2.45. The maximum atomic E-state index is 15.0. The molecule has 0 amide bonds. The molecule has 4 rings (SSSR count). The Morgan fingerprint density at radius 1 is 1.38 bits per heavy atom. The molecular weight excluding hydrogens is 462 g/mol. The fourth-order valence-electron chi connectivity index (χ4n) is 4.20. The number of halogens is 2. The van der Waals surface area contributed by atoms with E-state index in [1.54, 1.807) is 19.9 Å². The number of sulfone groups is 1. The van der Waals surface area contributed by atoms with E-state index >= 15 is 4.39 Å². The first-order chi connectivity index (χ1) is 15.9. The maximum Gasteiger partial charge on any atom is 0.165 e. The number of amidine groups is 2. The van der Waals surface area contributed by atoms with Crippen molar-refractivity contribution in [3.63, 3.8) is 0 Å². The largest absolute Gasteiger partial charge is 0.362 e. The Bertz CT molecular complexity index is 1370. The fourth-order valence-corrected chi connectivity index (χ4v) is 6.62. The summed E-state index contributed by atoms with van der Waals surface area (Å²) in [4.78, 5) is 12.2. The van der Waals surface area contributed by atoms with Gasteiger partial charge in [-0.05, 0) is 45.6 Å². The molecule has 0 radical (unpaired) electrons. The highest BCUT2D eigenvalue weighted by atomic mass is 32.2. The van der Waals surface area contributed by atoms with Gasteiger partial charge >= 0.3 is 0 Å². The Labute approximate surface area is 196 Å². The third kappa shape index (κ3) is 4.08. The molecule has 3 N–H and O–H groups in total. The highest BCUT2D eigenvalue weighted by Gasteiger charge is 2.60. The summed E-state index contributed by atoms with van der Waals surface area (Å²) in [6.07, 6.45) is 5.01. The highest BCUT2D eigenvalue weighted by molar-refractivity contribution is 7.93. The predicted octanol–water partition coefficient (Wildman–Crippen LogP) is 3.89. The number of anilines is 1. The average Bonchev–Trinajstić information content (AvgIpc) is 3.60. The van der Waals surface area contributed by atoms with Gasteiger partial charge in [-0.2, -0.15) is 0 Å². The third-order valence-electron chi connectivity index (χ3n) is 6.56. The molecule has 0 bridgehead atoms. The minimum atomic E-state index is -3.72. The molecule has 2 aromatic rings. The standard InChI is InChI=1S/C23H26F2N6O2S/c1-13(22(3)12-34(32,33)23(4,15-5-6-15)21(26)31-22)17(25)11-28-14(2)30-18-7-8-27-19-9-16(24)10-29-20(18)19/h7-11,15H,1,5-6,12H2,2-4H3,(H2,26,31)(H,27,28,30)/b17-11+/t22-,23-/m0/s1. The van der Waals surface area contributed by atoms with E-state index < -0.39 is 31.8 Å². The van der Waals surface area contributed by atoms with Crippen LogP contribution < -0.4 is 10.6 Å². The summed E-state index contributed by atoms with van der Waals surface area (Å²) in [6, 6.07) is 2.88. The summed E-state index contributed by atoms with van der Waals surface area (Å²) in [5.41, 5.74) is -0.197. The van der Waals surface area contributed by atoms with Gasteiger partial charge in [-0.1, -0.05) is 6.58 Å². The lowest BCUT2D eigenvalue weighted by molar-refractivity contribution is 0.450. The van der Waals surface area contributed by atoms with Gasteiger partial charge in [0.1, 0.15) is 33.6 Å². The third-order valence-corrected chi connectivity index (χ3v) is 9.35. The monoisotopic (exact) mass is 488 g/mol. The summed E-state index contributed by atoms with van der Waals surface area (Å²) in [5, 5.41) is 14.3. The summed E-state index contributed by atoms with van der Waals surface area (Å²) in [6.45, 7) is 8.44. The van der Waals surface area contributed by atoms with Crippen LogP contribution >= 0.6 is 0 Å². The van der Waals surface area contributed by atoms with Crippen molar-refractivity contribution in [2.75, 3.05) is 11.1 Å². The first kappa shape index (κ1) is 23.9. The van der Waals surface area contributed by atoms with Crippen molar-refractivity contribution >= 4 is 38.2 Å². The minimum absolute atomic E-state index is 0.0933. The number of hydrogen-bond acceptors (Lipinski definition) is 6. The van der Waals surface area contributed by atoms with Crippen LogP contribution in [0.2, 0.25) is 0 Å². The molecule has 2 fully saturated rings. The summed E-state index contributed by atoms with van der Waals surface area (Å²) in [5.74, 6) is -1.61. The number of hydrogen-bond donors (Lipinski definition) is 3. The Hall–Kier alpha value is -3.21. The van der Waals surface area contributed by atoms with Gasteiger partial charge < -0.3 is 10.6 Å². The number of fused-ring (bicyclic) bond motifs is 1. The van der Waals surface area contributed by atoms with E-state index in [2.05, 4.69) is 32.2 Å². The summed E-state index contributed by atoms with van der Waals surface area (Å²) < 4.78 is 53.3. The number of pyridine rings is 2. The Kier molecular flexibility index (Phi) is 5.79. The topological polar surface area (TPSA) is 120 Å². The van der Waals surface area contributed by atoms with E-state index in [9.17, 15) is 12.8 Å². The first-order valence-corrected chi connectivity index (χ1v) is 12.4. The zero-order valence-electron chi connectivity index (χ0n) is 19.1. The molecule has 1 aliphatic heterocycles. The van der Waals surface area contributed by atoms with E-state index in [1.165, 1.54) is 19.2 Å². The van der Waals surface area contributed by atoms with Gasteiger partial charge in [-0.15, -0.1) is 0 Å². The number of nitrogens with one attached hydrogen (secondary N) is 3. The van der Waals surface area contributed by atoms with Crippen LogP contribution in [0.3, 0.4) is 0 Å². The molecule has 1 saturated carbocycles. The van der Waals surface area contributed by atoms with Crippen molar-refractivity contribution in [2.24, 2.45) is 10.9 Å². The van der Waals surface area contributed by atoms with Crippen molar-refractivity contribution in [1.82, 2.24) is 15.3 Å². The quantitative estimate of drug-likeness (QED) is 0.334. The predicted molar refractivity (Wildman–Crippen MR) is 129 cm³/mol. The van der Waals surface area contributed by atoms with Crippen molar-refractivity contribution in [3.8, 4) is 0 Å². The second-order valence-corrected chi connectivity index (χ2v) is 11.5.